The molecule has 0 aliphatic heterocycles. The van der Waals surface area contributed by atoms with Crippen LogP contribution in [0, 0.1) is 0 Å². The Bertz CT molecular complexity index is 749. The molecule has 2 rings (SSSR count). The summed E-state index contributed by atoms with van der Waals surface area (Å²) in [7, 11) is 3.18. The van der Waals surface area contributed by atoms with Gasteiger partial charge in [0.25, 0.3) is 0 Å². The number of hydrogen-bond donors (Lipinski definition) is 2. The fraction of sp³-hybridized carbons (Fsp3) is 0.312. The van der Waals surface area contributed by atoms with Crippen LogP contribution in [0.2, 0.25) is 0 Å². The van der Waals surface area contributed by atoms with Gasteiger partial charge in [-0.1, -0.05) is 0 Å². The number of hydrogen-bond acceptors (Lipinski definition) is 7. The van der Waals surface area contributed by atoms with E-state index in [-0.39, 0.29) is 24.0 Å². The van der Waals surface area contributed by atoms with Crippen molar-refractivity contribution < 1.29 is 19.1 Å². The van der Waals surface area contributed by atoms with Gasteiger partial charge in [-0.15, -0.1) is 11.3 Å². The fourth-order valence-electron chi connectivity index (χ4n) is 1.99. The van der Waals surface area contributed by atoms with E-state index in [9.17, 15) is 9.59 Å². The lowest BCUT2D eigenvalue weighted by Gasteiger charge is -2.08. The third-order valence-corrected chi connectivity index (χ3v) is 4.89. The highest BCUT2D eigenvalue weighted by atomic mass is 32.2. The molecular formula is C16H19N3O4S2. The van der Waals surface area contributed by atoms with Crippen LogP contribution >= 0.6 is 23.1 Å². The molecule has 9 heteroatoms. The number of ether oxygens (including phenoxy) is 2. The van der Waals surface area contributed by atoms with Crippen molar-refractivity contribution in [2.45, 2.75) is 6.42 Å². The van der Waals surface area contributed by atoms with Crippen molar-refractivity contribution in [2.24, 2.45) is 5.73 Å². The first-order valence-electron chi connectivity index (χ1n) is 7.37. The van der Waals surface area contributed by atoms with Gasteiger partial charge in [0.2, 0.25) is 11.8 Å². The summed E-state index contributed by atoms with van der Waals surface area (Å²) in [6.07, 6.45) is 0.287. The van der Waals surface area contributed by atoms with Crippen molar-refractivity contribution >= 4 is 40.0 Å². The van der Waals surface area contributed by atoms with E-state index in [1.807, 2.05) is 17.5 Å². The molecule has 0 unspecified atom stereocenters. The van der Waals surface area contributed by atoms with Crippen LogP contribution in [0.25, 0.3) is 11.3 Å². The second-order valence-electron chi connectivity index (χ2n) is 4.92. The SMILES string of the molecule is COc1ccc(OC)c(-c2csc(NC(=O)CCSCC(N)=O)n2)c1. The monoisotopic (exact) mass is 381 g/mol. The van der Waals surface area contributed by atoms with Gasteiger partial charge in [-0.05, 0) is 18.2 Å². The van der Waals surface area contributed by atoms with E-state index < -0.39 is 0 Å². The molecule has 7 nitrogen and oxygen atoms in total. The molecule has 0 bridgehead atoms. The number of carbonyl (C=O) groups is 2. The van der Waals surface area contributed by atoms with Crippen molar-refractivity contribution in [2.75, 3.05) is 31.0 Å². The zero-order valence-corrected chi connectivity index (χ0v) is 15.5. The first-order valence-corrected chi connectivity index (χ1v) is 9.40. The van der Waals surface area contributed by atoms with E-state index in [2.05, 4.69) is 10.3 Å². The Morgan fingerprint density at radius 3 is 2.80 bits per heavy atom. The van der Waals surface area contributed by atoms with Gasteiger partial charge in [-0.3, -0.25) is 9.59 Å². The first-order chi connectivity index (χ1) is 12.0. The summed E-state index contributed by atoms with van der Waals surface area (Å²) >= 11 is 2.66. The summed E-state index contributed by atoms with van der Waals surface area (Å²) in [6.45, 7) is 0. The van der Waals surface area contributed by atoms with Crippen LogP contribution in [-0.2, 0) is 9.59 Å². The van der Waals surface area contributed by atoms with Gasteiger partial charge in [-0.2, -0.15) is 11.8 Å². The second-order valence-corrected chi connectivity index (χ2v) is 6.88. The van der Waals surface area contributed by atoms with E-state index >= 15 is 0 Å². The summed E-state index contributed by atoms with van der Waals surface area (Å²) in [5.41, 5.74) is 6.53. The number of anilines is 1. The van der Waals surface area contributed by atoms with Gasteiger partial charge >= 0.3 is 0 Å². The molecule has 1 aromatic heterocycles. The molecule has 0 spiro atoms. The average molecular weight is 381 g/mol. The smallest absolute Gasteiger partial charge is 0.227 e. The van der Waals surface area contributed by atoms with E-state index in [1.165, 1.54) is 23.1 Å². The Labute approximate surface area is 153 Å². The fourth-order valence-corrected chi connectivity index (χ4v) is 3.39. The van der Waals surface area contributed by atoms with Crippen molar-refractivity contribution in [3.05, 3.63) is 23.6 Å². The summed E-state index contributed by atoms with van der Waals surface area (Å²) in [6, 6.07) is 5.45. The predicted molar refractivity (Wildman–Crippen MR) is 100 cm³/mol. The normalized spacial score (nSPS) is 10.3. The molecular weight excluding hydrogens is 362 g/mol. The Morgan fingerprint density at radius 1 is 1.32 bits per heavy atom. The minimum Gasteiger partial charge on any atom is -0.497 e. The molecule has 0 aliphatic rings. The lowest BCUT2D eigenvalue weighted by Crippen LogP contribution is -2.15. The van der Waals surface area contributed by atoms with Gasteiger partial charge in [0.05, 0.1) is 25.7 Å². The minimum atomic E-state index is -0.387. The number of amides is 2. The minimum absolute atomic E-state index is 0.157. The quantitative estimate of drug-likeness (QED) is 0.646. The molecule has 134 valence electrons. The van der Waals surface area contributed by atoms with Gasteiger partial charge in [-0.25, -0.2) is 4.98 Å². The number of aromatic nitrogens is 1. The number of primary amides is 1. The lowest BCUT2D eigenvalue weighted by molar-refractivity contribution is -0.116. The molecule has 1 aromatic carbocycles. The number of benzene rings is 1. The van der Waals surface area contributed by atoms with Crippen LogP contribution in [0.5, 0.6) is 11.5 Å². The average Bonchev–Trinajstić information content (AvgIpc) is 3.06. The van der Waals surface area contributed by atoms with Crippen LogP contribution in [0.3, 0.4) is 0 Å². The maximum absolute atomic E-state index is 11.9. The molecule has 25 heavy (non-hydrogen) atoms. The second kappa shape index (κ2) is 9.28. The molecule has 0 fully saturated rings. The molecule has 3 N–H and O–H groups in total. The van der Waals surface area contributed by atoms with Gasteiger partial charge in [0.1, 0.15) is 11.5 Å². The molecule has 0 saturated heterocycles. The molecule has 2 aromatic rings. The van der Waals surface area contributed by atoms with Crippen LogP contribution in [-0.4, -0.2) is 42.5 Å². The number of nitrogens with zero attached hydrogens (tertiary/aromatic N) is 1. The Morgan fingerprint density at radius 2 is 2.12 bits per heavy atom. The summed E-state index contributed by atoms with van der Waals surface area (Å²) in [5, 5.41) is 5.10. The van der Waals surface area contributed by atoms with E-state index in [4.69, 9.17) is 15.2 Å². The van der Waals surface area contributed by atoms with Gasteiger partial charge < -0.3 is 20.5 Å². The Kier molecular flexibility index (Phi) is 7.08. The van der Waals surface area contributed by atoms with Gasteiger partial charge in [0, 0.05) is 23.1 Å². The molecule has 2 amide bonds. The van der Waals surface area contributed by atoms with Crippen molar-refractivity contribution in [1.82, 2.24) is 4.98 Å². The Hall–Kier alpha value is -2.26. The van der Waals surface area contributed by atoms with Crippen LogP contribution in [0.1, 0.15) is 6.42 Å². The van der Waals surface area contributed by atoms with Crippen LogP contribution < -0.4 is 20.5 Å². The number of methoxy groups -OCH3 is 2. The van der Waals surface area contributed by atoms with E-state index in [0.29, 0.717) is 28.1 Å². The zero-order valence-electron chi connectivity index (χ0n) is 13.9. The molecule has 0 radical (unpaired) electrons. The number of nitrogens with two attached hydrogens (primary N) is 1. The maximum Gasteiger partial charge on any atom is 0.227 e. The van der Waals surface area contributed by atoms with Crippen molar-refractivity contribution in [1.29, 1.82) is 0 Å². The molecule has 1 heterocycles. The number of thiazole rings is 1. The van der Waals surface area contributed by atoms with E-state index in [0.717, 1.165) is 5.56 Å². The number of thioether (sulfide) groups is 1. The van der Waals surface area contributed by atoms with Crippen LogP contribution in [0.4, 0.5) is 5.13 Å². The highest BCUT2D eigenvalue weighted by molar-refractivity contribution is 7.99. The highest BCUT2D eigenvalue weighted by Gasteiger charge is 2.13. The Balaban J connectivity index is 2.00. The maximum atomic E-state index is 11.9. The molecule has 0 atom stereocenters. The van der Waals surface area contributed by atoms with Crippen molar-refractivity contribution in [3.63, 3.8) is 0 Å². The predicted octanol–water partition coefficient (Wildman–Crippen LogP) is 2.37. The van der Waals surface area contributed by atoms with Crippen LogP contribution in [0.15, 0.2) is 23.6 Å². The zero-order chi connectivity index (χ0) is 18.2. The summed E-state index contributed by atoms with van der Waals surface area (Å²) in [5.74, 6) is 1.56. The topological polar surface area (TPSA) is 104 Å². The third-order valence-electron chi connectivity index (χ3n) is 3.15. The van der Waals surface area contributed by atoms with E-state index in [1.54, 1.807) is 20.3 Å². The number of nitrogens with one attached hydrogen (secondary N) is 1. The largest absolute Gasteiger partial charge is 0.497 e. The standard InChI is InChI=1S/C16H19N3O4S2/c1-22-10-3-4-13(23-2)11(7-10)12-8-25-16(18-12)19-15(21)5-6-24-9-14(17)20/h3-4,7-8H,5-6,9H2,1-2H3,(H2,17,20)(H,18,19,21). The van der Waals surface area contributed by atoms with Crippen molar-refractivity contribution in [3.8, 4) is 22.8 Å². The molecule has 0 saturated carbocycles. The highest BCUT2D eigenvalue weighted by Crippen LogP contribution is 2.35. The number of rotatable bonds is 9. The van der Waals surface area contributed by atoms with Gasteiger partial charge in [0.15, 0.2) is 5.13 Å². The number of carbonyl (C=O) groups excluding carboxylic acids is 2. The summed E-state index contributed by atoms with van der Waals surface area (Å²) in [4.78, 5) is 27.0. The summed E-state index contributed by atoms with van der Waals surface area (Å²) < 4.78 is 10.6. The third kappa shape index (κ3) is 5.64. The lowest BCUT2D eigenvalue weighted by atomic mass is 10.1. The first kappa shape index (κ1) is 19.1. The molecule has 0 aliphatic carbocycles.